The minimum absolute atomic E-state index is 0.322. The Kier molecular flexibility index (Phi) is 5.05. The highest BCUT2D eigenvalue weighted by molar-refractivity contribution is 7.20. The van der Waals surface area contributed by atoms with E-state index in [-0.39, 0.29) is 11.7 Å². The molecule has 0 aliphatic heterocycles. The van der Waals surface area contributed by atoms with Crippen LogP contribution in [0.15, 0.2) is 36.4 Å². The minimum atomic E-state index is -4.42. The first kappa shape index (κ1) is 20.4. The van der Waals surface area contributed by atoms with E-state index in [2.05, 4.69) is 10.3 Å². The van der Waals surface area contributed by atoms with E-state index in [1.807, 2.05) is 13.8 Å². The van der Waals surface area contributed by atoms with Crippen LogP contribution in [0.25, 0.3) is 21.0 Å². The van der Waals surface area contributed by atoms with Crippen LogP contribution in [0.5, 0.6) is 0 Å². The van der Waals surface area contributed by atoms with Gasteiger partial charge in [0.15, 0.2) is 0 Å². The lowest BCUT2D eigenvalue weighted by atomic mass is 10.0. The van der Waals surface area contributed by atoms with Crippen molar-refractivity contribution >= 4 is 38.2 Å². The molecule has 1 amide bonds. The molecule has 0 saturated heterocycles. The normalized spacial score (nSPS) is 12.1. The summed E-state index contributed by atoms with van der Waals surface area (Å²) in [6.45, 7) is 4.09. The summed E-state index contributed by atoms with van der Waals surface area (Å²) in [4.78, 5) is 15.9. The van der Waals surface area contributed by atoms with E-state index >= 15 is 0 Å². The number of hydrogen-bond acceptors (Lipinski definition) is 2. The third kappa shape index (κ3) is 3.67. The van der Waals surface area contributed by atoms with Crippen molar-refractivity contribution in [1.82, 2.24) is 10.3 Å². The quantitative estimate of drug-likeness (QED) is 0.373. The first-order valence-electron chi connectivity index (χ1n) is 9.30. The largest absolute Gasteiger partial charge is 0.416 e. The summed E-state index contributed by atoms with van der Waals surface area (Å²) in [6.07, 6.45) is -3.92. The number of aryl methyl sites for hydroxylation is 2. The Labute approximate surface area is 173 Å². The second kappa shape index (κ2) is 7.43. The predicted molar refractivity (Wildman–Crippen MR) is 111 cm³/mol. The highest BCUT2D eigenvalue weighted by atomic mass is 32.1. The van der Waals surface area contributed by atoms with E-state index in [1.165, 1.54) is 12.1 Å². The van der Waals surface area contributed by atoms with E-state index in [4.69, 9.17) is 0 Å². The third-order valence-corrected chi connectivity index (χ3v) is 6.26. The zero-order valence-corrected chi connectivity index (χ0v) is 17.0. The zero-order chi connectivity index (χ0) is 21.6. The molecule has 30 heavy (non-hydrogen) atoms. The lowest BCUT2D eigenvalue weighted by Gasteiger charge is -2.06. The van der Waals surface area contributed by atoms with Gasteiger partial charge in [0.2, 0.25) is 0 Å². The molecule has 0 saturated carbocycles. The molecule has 2 aromatic heterocycles. The second-order valence-corrected chi connectivity index (χ2v) is 8.29. The molecule has 0 bridgehead atoms. The molecule has 0 fully saturated rings. The van der Waals surface area contributed by atoms with Crippen molar-refractivity contribution in [2.24, 2.45) is 0 Å². The van der Waals surface area contributed by atoms with Gasteiger partial charge in [-0.2, -0.15) is 13.2 Å². The summed E-state index contributed by atoms with van der Waals surface area (Å²) in [6, 6.07) is 8.18. The smallest absolute Gasteiger partial charge is 0.356 e. The fourth-order valence-corrected chi connectivity index (χ4v) is 4.68. The minimum Gasteiger partial charge on any atom is -0.356 e. The van der Waals surface area contributed by atoms with Crippen molar-refractivity contribution in [3.63, 3.8) is 0 Å². The van der Waals surface area contributed by atoms with Crippen molar-refractivity contribution in [3.8, 4) is 0 Å². The number of H-pyrrole nitrogens is 1. The molecule has 0 unspecified atom stereocenters. The van der Waals surface area contributed by atoms with Gasteiger partial charge in [-0.05, 0) is 61.0 Å². The zero-order valence-electron chi connectivity index (χ0n) is 16.2. The van der Waals surface area contributed by atoms with Gasteiger partial charge in [-0.15, -0.1) is 11.3 Å². The standard InChI is InChI=1S/C22H18F4N2OS/c1-11-3-6-16(23)20-19(11)15(12(2)28-20)7-8-27-21(29)18-9-13-4-5-14(22(24,25)26)10-17(13)30-18/h3-6,9-10,28H,7-8H2,1-2H3,(H,27,29). The molecule has 2 aromatic carbocycles. The molecular weight excluding hydrogens is 416 g/mol. The van der Waals surface area contributed by atoms with Gasteiger partial charge in [-0.25, -0.2) is 4.39 Å². The van der Waals surface area contributed by atoms with Gasteiger partial charge >= 0.3 is 6.18 Å². The molecule has 8 heteroatoms. The lowest BCUT2D eigenvalue weighted by Crippen LogP contribution is -2.25. The highest BCUT2D eigenvalue weighted by Crippen LogP contribution is 2.34. The molecule has 0 spiro atoms. The number of carbonyl (C=O) groups is 1. The maximum Gasteiger partial charge on any atom is 0.416 e. The Hall–Kier alpha value is -2.87. The molecule has 0 aliphatic rings. The molecule has 2 heterocycles. The average molecular weight is 434 g/mol. The third-order valence-electron chi connectivity index (χ3n) is 5.16. The van der Waals surface area contributed by atoms with E-state index in [9.17, 15) is 22.4 Å². The van der Waals surface area contributed by atoms with Crippen molar-refractivity contribution < 1.29 is 22.4 Å². The topological polar surface area (TPSA) is 44.9 Å². The Morgan fingerprint density at radius 1 is 1.13 bits per heavy atom. The Bertz CT molecular complexity index is 1270. The summed E-state index contributed by atoms with van der Waals surface area (Å²) in [5.74, 6) is -0.664. The number of nitrogens with one attached hydrogen (secondary N) is 2. The molecule has 4 aromatic rings. The van der Waals surface area contributed by atoms with Gasteiger partial charge in [-0.3, -0.25) is 4.79 Å². The Morgan fingerprint density at radius 3 is 2.63 bits per heavy atom. The van der Waals surface area contributed by atoms with E-state index in [0.29, 0.717) is 33.4 Å². The maximum atomic E-state index is 14.1. The van der Waals surface area contributed by atoms with Crippen LogP contribution in [0.4, 0.5) is 17.6 Å². The van der Waals surface area contributed by atoms with Gasteiger partial charge < -0.3 is 10.3 Å². The molecule has 156 valence electrons. The van der Waals surface area contributed by atoms with Crippen LogP contribution in [0.1, 0.15) is 32.1 Å². The average Bonchev–Trinajstić information content (AvgIpc) is 3.25. The summed E-state index contributed by atoms with van der Waals surface area (Å²) in [5.41, 5.74) is 2.45. The van der Waals surface area contributed by atoms with E-state index in [0.717, 1.165) is 45.7 Å². The van der Waals surface area contributed by atoms with Crippen LogP contribution in [-0.2, 0) is 12.6 Å². The van der Waals surface area contributed by atoms with Gasteiger partial charge in [-0.1, -0.05) is 12.1 Å². The Balaban J connectivity index is 1.50. The van der Waals surface area contributed by atoms with Gasteiger partial charge in [0.1, 0.15) is 5.82 Å². The van der Waals surface area contributed by atoms with Crippen LogP contribution in [-0.4, -0.2) is 17.4 Å². The summed E-state index contributed by atoms with van der Waals surface area (Å²) in [7, 11) is 0. The fraction of sp³-hybridized carbons (Fsp3) is 0.227. The first-order valence-corrected chi connectivity index (χ1v) is 10.1. The van der Waals surface area contributed by atoms with Crippen LogP contribution < -0.4 is 5.32 Å². The fourth-order valence-electron chi connectivity index (χ4n) is 3.66. The van der Waals surface area contributed by atoms with Crippen molar-refractivity contribution in [2.45, 2.75) is 26.4 Å². The SMILES string of the molecule is Cc1[nH]c2c(F)ccc(C)c2c1CCNC(=O)c1cc2ccc(C(F)(F)F)cc2s1. The number of halogens is 4. The lowest BCUT2D eigenvalue weighted by molar-refractivity contribution is -0.137. The second-order valence-electron chi connectivity index (χ2n) is 7.21. The molecular formula is C22H18F4N2OS. The first-order chi connectivity index (χ1) is 14.1. The predicted octanol–water partition coefficient (Wildman–Crippen LogP) is 6.13. The number of aromatic nitrogens is 1. The van der Waals surface area contributed by atoms with Crippen LogP contribution >= 0.6 is 11.3 Å². The van der Waals surface area contributed by atoms with Crippen LogP contribution in [0, 0.1) is 19.7 Å². The van der Waals surface area contributed by atoms with Gasteiger partial charge in [0.05, 0.1) is 16.0 Å². The molecule has 2 N–H and O–H groups in total. The maximum absolute atomic E-state index is 14.1. The number of thiophene rings is 1. The molecule has 0 atom stereocenters. The highest BCUT2D eigenvalue weighted by Gasteiger charge is 2.30. The van der Waals surface area contributed by atoms with Gasteiger partial charge in [0, 0.05) is 22.3 Å². The number of benzene rings is 2. The summed E-state index contributed by atoms with van der Waals surface area (Å²) >= 11 is 1.03. The number of carbonyl (C=O) groups excluding carboxylic acids is 1. The number of aromatic amines is 1. The number of amides is 1. The summed E-state index contributed by atoms with van der Waals surface area (Å²) < 4.78 is 53.1. The van der Waals surface area contributed by atoms with Crippen molar-refractivity contribution in [2.75, 3.05) is 6.54 Å². The van der Waals surface area contributed by atoms with Crippen molar-refractivity contribution in [3.05, 3.63) is 69.5 Å². The van der Waals surface area contributed by atoms with Crippen LogP contribution in [0.2, 0.25) is 0 Å². The molecule has 0 aliphatic carbocycles. The van der Waals surface area contributed by atoms with Gasteiger partial charge in [0.25, 0.3) is 5.91 Å². The monoisotopic (exact) mass is 434 g/mol. The molecule has 3 nitrogen and oxygen atoms in total. The Morgan fingerprint density at radius 2 is 1.90 bits per heavy atom. The molecule has 0 radical (unpaired) electrons. The van der Waals surface area contributed by atoms with Crippen LogP contribution in [0.3, 0.4) is 0 Å². The number of alkyl halides is 3. The van der Waals surface area contributed by atoms with Crippen molar-refractivity contribution in [1.29, 1.82) is 0 Å². The number of rotatable bonds is 4. The van der Waals surface area contributed by atoms with E-state index in [1.54, 1.807) is 12.1 Å². The number of fused-ring (bicyclic) bond motifs is 2. The molecule has 4 rings (SSSR count). The number of hydrogen-bond donors (Lipinski definition) is 2. The summed E-state index contributed by atoms with van der Waals surface area (Å²) in [5, 5.41) is 4.23. The van der Waals surface area contributed by atoms with E-state index < -0.39 is 11.7 Å².